The van der Waals surface area contributed by atoms with Crippen LogP contribution < -0.4 is 5.19 Å². The van der Waals surface area contributed by atoms with Crippen LogP contribution in [0.5, 0.6) is 0 Å². The molecule has 0 aliphatic rings. The normalized spacial score (nSPS) is 10.6. The Bertz CT molecular complexity index is 499. The van der Waals surface area contributed by atoms with E-state index in [9.17, 15) is 14.4 Å². The quantitative estimate of drug-likeness (QED) is 0.766. The molecule has 0 spiro atoms. The van der Waals surface area contributed by atoms with Crippen LogP contribution in [0.25, 0.3) is 0 Å². The van der Waals surface area contributed by atoms with Crippen LogP contribution in [0.3, 0.4) is 0 Å². The highest BCUT2D eigenvalue weighted by molar-refractivity contribution is 6.79. The second-order valence-corrected chi connectivity index (χ2v) is 6.42. The summed E-state index contributed by atoms with van der Waals surface area (Å²) in [7, 11) is -3.95. The van der Waals surface area contributed by atoms with Gasteiger partial charge in [-0.2, -0.15) is 0 Å². The van der Waals surface area contributed by atoms with Gasteiger partial charge in [0, 0.05) is 20.8 Å². The Morgan fingerprint density at radius 3 is 1.60 bits per heavy atom. The molecule has 1 rings (SSSR count). The van der Waals surface area contributed by atoms with Crippen LogP contribution in [0, 0.1) is 6.92 Å². The van der Waals surface area contributed by atoms with Gasteiger partial charge in [0.05, 0.1) is 5.19 Å². The monoisotopic (exact) mass is 296 g/mol. The molecule has 1 aromatic rings. The second-order valence-electron chi connectivity index (χ2n) is 4.15. The SMILES string of the molecule is CC(=O)O[Si](OC(C)=O)(OC(C)=O)c1ccccc1C. The van der Waals surface area contributed by atoms with Crippen molar-refractivity contribution >= 4 is 31.9 Å². The van der Waals surface area contributed by atoms with E-state index in [1.807, 2.05) is 0 Å². The zero-order valence-electron chi connectivity index (χ0n) is 11.8. The topological polar surface area (TPSA) is 78.9 Å². The Kier molecular flexibility index (Phi) is 5.04. The number of carbonyl (C=O) groups is 3. The van der Waals surface area contributed by atoms with Crippen LogP contribution in [-0.4, -0.2) is 26.7 Å². The summed E-state index contributed by atoms with van der Waals surface area (Å²) in [6, 6.07) is 6.80. The molecule has 0 bridgehead atoms. The van der Waals surface area contributed by atoms with Gasteiger partial charge in [-0.3, -0.25) is 14.4 Å². The molecule has 0 heterocycles. The Hall–Kier alpha value is -2.15. The number of hydrogen-bond acceptors (Lipinski definition) is 6. The molecule has 7 heteroatoms. The minimum Gasteiger partial charge on any atom is -0.452 e. The number of aryl methyl sites for hydroxylation is 1. The van der Waals surface area contributed by atoms with E-state index in [2.05, 4.69) is 0 Å². The van der Waals surface area contributed by atoms with Crippen molar-refractivity contribution in [3.05, 3.63) is 29.8 Å². The van der Waals surface area contributed by atoms with Crippen molar-refractivity contribution in [2.45, 2.75) is 27.7 Å². The average molecular weight is 296 g/mol. The highest BCUT2D eigenvalue weighted by Gasteiger charge is 2.55. The lowest BCUT2D eigenvalue weighted by Gasteiger charge is -2.27. The predicted octanol–water partition coefficient (Wildman–Crippen LogP) is 0.830. The Labute approximate surface area is 118 Å². The molecule has 0 aliphatic carbocycles. The van der Waals surface area contributed by atoms with E-state index in [1.54, 1.807) is 31.2 Å². The average Bonchev–Trinajstić information content (AvgIpc) is 2.26. The molecule has 0 saturated carbocycles. The van der Waals surface area contributed by atoms with Crippen LogP contribution in [0.1, 0.15) is 26.3 Å². The molecule has 0 unspecified atom stereocenters. The molecule has 0 aromatic heterocycles. The van der Waals surface area contributed by atoms with Gasteiger partial charge in [-0.15, -0.1) is 0 Å². The van der Waals surface area contributed by atoms with Gasteiger partial charge in [0.1, 0.15) is 0 Å². The third kappa shape index (κ3) is 3.92. The van der Waals surface area contributed by atoms with E-state index in [0.717, 1.165) is 20.8 Å². The van der Waals surface area contributed by atoms with Crippen molar-refractivity contribution in [2.75, 3.05) is 0 Å². The zero-order chi connectivity index (χ0) is 15.3. The molecular formula is C13H16O6Si. The number of hydrogen-bond donors (Lipinski definition) is 0. The minimum absolute atomic E-state index is 0.403. The molecule has 20 heavy (non-hydrogen) atoms. The van der Waals surface area contributed by atoms with Gasteiger partial charge >= 0.3 is 8.80 Å². The third-order valence-corrected chi connectivity index (χ3v) is 5.20. The maximum atomic E-state index is 11.3. The zero-order valence-corrected chi connectivity index (χ0v) is 12.8. The molecule has 0 amide bonds. The van der Waals surface area contributed by atoms with Crippen LogP contribution in [0.4, 0.5) is 0 Å². The lowest BCUT2D eigenvalue weighted by atomic mass is 10.2. The summed E-state index contributed by atoms with van der Waals surface area (Å²) in [5.74, 6) is -2.08. The first-order valence-electron chi connectivity index (χ1n) is 5.91. The van der Waals surface area contributed by atoms with Crippen molar-refractivity contribution in [1.82, 2.24) is 0 Å². The first-order chi connectivity index (χ1) is 9.27. The smallest absolute Gasteiger partial charge is 0.452 e. The fourth-order valence-electron chi connectivity index (χ4n) is 1.71. The molecule has 0 aliphatic heterocycles. The maximum absolute atomic E-state index is 11.3. The van der Waals surface area contributed by atoms with Crippen molar-refractivity contribution < 1.29 is 27.7 Å². The van der Waals surface area contributed by atoms with Crippen molar-refractivity contribution in [3.63, 3.8) is 0 Å². The summed E-state index contributed by atoms with van der Waals surface area (Å²) in [6.07, 6.45) is 0. The van der Waals surface area contributed by atoms with Crippen molar-refractivity contribution in [1.29, 1.82) is 0 Å². The van der Waals surface area contributed by atoms with E-state index in [0.29, 0.717) is 10.8 Å². The van der Waals surface area contributed by atoms with Gasteiger partial charge in [0.15, 0.2) is 0 Å². The Morgan fingerprint density at radius 1 is 0.850 bits per heavy atom. The summed E-state index contributed by atoms with van der Waals surface area (Å²) >= 11 is 0. The largest absolute Gasteiger partial charge is 0.743 e. The van der Waals surface area contributed by atoms with Crippen LogP contribution >= 0.6 is 0 Å². The molecule has 0 N–H and O–H groups in total. The first-order valence-corrected chi connectivity index (χ1v) is 7.64. The minimum atomic E-state index is -3.95. The van der Waals surface area contributed by atoms with Gasteiger partial charge in [-0.25, -0.2) is 0 Å². The summed E-state index contributed by atoms with van der Waals surface area (Å²) in [5, 5.41) is 0.403. The van der Waals surface area contributed by atoms with Crippen molar-refractivity contribution in [2.24, 2.45) is 0 Å². The van der Waals surface area contributed by atoms with E-state index in [1.165, 1.54) is 0 Å². The highest BCUT2D eigenvalue weighted by Crippen LogP contribution is 2.14. The summed E-state index contributed by atoms with van der Waals surface area (Å²) < 4.78 is 15.4. The molecule has 0 saturated heterocycles. The Morgan fingerprint density at radius 2 is 1.25 bits per heavy atom. The maximum Gasteiger partial charge on any atom is 0.743 e. The second kappa shape index (κ2) is 6.33. The van der Waals surface area contributed by atoms with Gasteiger partial charge in [0.25, 0.3) is 17.9 Å². The van der Waals surface area contributed by atoms with E-state index >= 15 is 0 Å². The molecule has 0 fully saturated rings. The Balaban J connectivity index is 3.41. The number of benzene rings is 1. The van der Waals surface area contributed by atoms with Crippen molar-refractivity contribution in [3.8, 4) is 0 Å². The lowest BCUT2D eigenvalue weighted by molar-refractivity contribution is -0.146. The lowest BCUT2D eigenvalue weighted by Crippen LogP contribution is -2.60. The summed E-state index contributed by atoms with van der Waals surface area (Å²) in [4.78, 5) is 34.0. The third-order valence-electron chi connectivity index (χ3n) is 2.31. The standard InChI is InChI=1S/C13H16O6Si/c1-9-7-5-6-8-13(9)20(17-10(2)14,18-11(3)15)19-12(4)16/h5-8H,1-4H3. The van der Waals surface area contributed by atoms with Gasteiger partial charge in [-0.1, -0.05) is 24.3 Å². The molecule has 108 valence electrons. The molecular weight excluding hydrogens is 280 g/mol. The highest BCUT2D eigenvalue weighted by atomic mass is 28.4. The van der Waals surface area contributed by atoms with Crippen LogP contribution in [-0.2, 0) is 27.7 Å². The predicted molar refractivity (Wildman–Crippen MR) is 71.9 cm³/mol. The summed E-state index contributed by atoms with van der Waals surface area (Å²) in [6.45, 7) is 5.22. The van der Waals surface area contributed by atoms with Gasteiger partial charge < -0.3 is 13.3 Å². The van der Waals surface area contributed by atoms with Gasteiger partial charge in [-0.05, 0) is 12.5 Å². The van der Waals surface area contributed by atoms with Crippen LogP contribution in [0.15, 0.2) is 24.3 Å². The number of carbonyl (C=O) groups excluding carboxylic acids is 3. The summed E-state index contributed by atoms with van der Waals surface area (Å²) in [5.41, 5.74) is 0.697. The molecule has 1 aromatic carbocycles. The van der Waals surface area contributed by atoms with E-state index in [-0.39, 0.29) is 0 Å². The molecule has 0 atom stereocenters. The van der Waals surface area contributed by atoms with Crippen LogP contribution in [0.2, 0.25) is 0 Å². The van der Waals surface area contributed by atoms with Gasteiger partial charge in [0.2, 0.25) is 0 Å². The fraction of sp³-hybridized carbons (Fsp3) is 0.308. The van der Waals surface area contributed by atoms with E-state index in [4.69, 9.17) is 13.3 Å². The fourth-order valence-corrected chi connectivity index (χ4v) is 4.17. The molecule has 0 radical (unpaired) electrons. The molecule has 6 nitrogen and oxygen atoms in total. The number of rotatable bonds is 4. The first kappa shape index (κ1) is 15.9. The van der Waals surface area contributed by atoms with E-state index < -0.39 is 26.7 Å².